The van der Waals surface area contributed by atoms with Crippen LogP contribution in [0.2, 0.25) is 0 Å². The van der Waals surface area contributed by atoms with Crippen LogP contribution in [0.15, 0.2) is 6.20 Å². The molecule has 2 N–H and O–H groups in total. The molecule has 0 saturated heterocycles. The van der Waals surface area contributed by atoms with E-state index < -0.39 is 0 Å². The molecule has 21 heavy (non-hydrogen) atoms. The van der Waals surface area contributed by atoms with Crippen LogP contribution in [0.3, 0.4) is 0 Å². The quantitative estimate of drug-likeness (QED) is 0.851. The highest BCUT2D eigenvalue weighted by atomic mass is 32.1. The molecule has 0 aliphatic rings. The van der Waals surface area contributed by atoms with Gasteiger partial charge in [0.1, 0.15) is 22.5 Å². The molecular weight excluding hydrogens is 282 g/mol. The lowest BCUT2D eigenvalue weighted by molar-refractivity contribution is 0.841. The number of nitrogens with zero attached hydrogens (tertiary/aromatic N) is 3. The van der Waals surface area contributed by atoms with Crippen molar-refractivity contribution in [1.82, 2.24) is 15.0 Å². The number of hydrogen-bond donors (Lipinski definition) is 2. The fraction of sp³-hybridized carbons (Fsp3) is 0.533. The third kappa shape index (κ3) is 3.69. The highest BCUT2D eigenvalue weighted by molar-refractivity contribution is 7.11. The van der Waals surface area contributed by atoms with Crippen LogP contribution < -0.4 is 10.6 Å². The van der Waals surface area contributed by atoms with Gasteiger partial charge < -0.3 is 10.6 Å². The van der Waals surface area contributed by atoms with Crippen LogP contribution in [-0.2, 0) is 6.42 Å². The average molecular weight is 305 g/mol. The predicted molar refractivity (Wildman–Crippen MR) is 89.2 cm³/mol. The van der Waals surface area contributed by atoms with E-state index in [-0.39, 0.29) is 6.04 Å². The Bertz CT molecular complexity index is 608. The summed E-state index contributed by atoms with van der Waals surface area (Å²) in [7, 11) is 0. The number of aryl methyl sites for hydroxylation is 2. The zero-order valence-electron chi connectivity index (χ0n) is 13.3. The summed E-state index contributed by atoms with van der Waals surface area (Å²) in [5, 5.41) is 7.85. The zero-order valence-corrected chi connectivity index (χ0v) is 14.1. The number of hydrogen-bond acceptors (Lipinski definition) is 6. The molecule has 114 valence electrons. The molecule has 6 heteroatoms. The first-order valence-corrected chi connectivity index (χ1v) is 8.17. The number of rotatable bonds is 6. The Labute approximate surface area is 130 Å². The second kappa shape index (κ2) is 6.85. The second-order valence-electron chi connectivity index (χ2n) is 5.02. The molecule has 2 aromatic rings. The molecule has 0 spiro atoms. The van der Waals surface area contributed by atoms with Gasteiger partial charge in [-0.1, -0.05) is 6.92 Å². The predicted octanol–water partition coefficient (Wildman–Crippen LogP) is 3.72. The first-order chi connectivity index (χ1) is 10.0. The van der Waals surface area contributed by atoms with Crippen LogP contribution >= 0.6 is 11.3 Å². The van der Waals surface area contributed by atoms with Crippen molar-refractivity contribution in [2.24, 2.45) is 0 Å². The molecule has 5 nitrogen and oxygen atoms in total. The Morgan fingerprint density at radius 2 is 1.90 bits per heavy atom. The van der Waals surface area contributed by atoms with Gasteiger partial charge in [0, 0.05) is 29.6 Å². The van der Waals surface area contributed by atoms with E-state index in [4.69, 9.17) is 0 Å². The van der Waals surface area contributed by atoms with Crippen LogP contribution in [0.1, 0.15) is 48.1 Å². The summed E-state index contributed by atoms with van der Waals surface area (Å²) in [4.78, 5) is 14.8. The van der Waals surface area contributed by atoms with Gasteiger partial charge in [-0.2, -0.15) is 0 Å². The molecule has 0 aromatic carbocycles. The lowest BCUT2D eigenvalue weighted by atomic mass is 10.2. The molecule has 2 aromatic heterocycles. The number of thiazole rings is 1. The van der Waals surface area contributed by atoms with E-state index in [2.05, 4.69) is 53.3 Å². The molecular formula is C15H23N5S. The molecule has 2 heterocycles. The van der Waals surface area contributed by atoms with E-state index in [1.54, 1.807) is 11.3 Å². The molecule has 1 unspecified atom stereocenters. The van der Waals surface area contributed by atoms with Crippen molar-refractivity contribution in [3.8, 4) is 0 Å². The normalized spacial score (nSPS) is 12.2. The highest BCUT2D eigenvalue weighted by Crippen LogP contribution is 2.26. The highest BCUT2D eigenvalue weighted by Gasteiger charge is 2.14. The summed E-state index contributed by atoms with van der Waals surface area (Å²) in [6.07, 6.45) is 2.73. The van der Waals surface area contributed by atoms with Gasteiger partial charge in [0.2, 0.25) is 0 Å². The number of aromatic nitrogens is 3. The van der Waals surface area contributed by atoms with Gasteiger partial charge in [0.15, 0.2) is 0 Å². The van der Waals surface area contributed by atoms with Gasteiger partial charge in [-0.15, -0.1) is 11.3 Å². The Balaban J connectivity index is 2.27. The summed E-state index contributed by atoms with van der Waals surface area (Å²) >= 11 is 1.71. The maximum absolute atomic E-state index is 4.62. The summed E-state index contributed by atoms with van der Waals surface area (Å²) in [6, 6.07) is 0.136. The largest absolute Gasteiger partial charge is 0.370 e. The fourth-order valence-electron chi connectivity index (χ4n) is 2.04. The van der Waals surface area contributed by atoms with Crippen molar-refractivity contribution < 1.29 is 0 Å². The topological polar surface area (TPSA) is 62.7 Å². The Morgan fingerprint density at radius 3 is 2.48 bits per heavy atom. The van der Waals surface area contributed by atoms with Crippen LogP contribution in [0.4, 0.5) is 11.6 Å². The smallest absolute Gasteiger partial charge is 0.135 e. The summed E-state index contributed by atoms with van der Waals surface area (Å²) in [6.45, 7) is 11.2. The maximum Gasteiger partial charge on any atom is 0.135 e. The molecule has 0 aliphatic heterocycles. The summed E-state index contributed by atoms with van der Waals surface area (Å²) in [5.74, 6) is 2.65. The minimum atomic E-state index is 0.136. The Morgan fingerprint density at radius 1 is 1.19 bits per heavy atom. The van der Waals surface area contributed by atoms with Crippen molar-refractivity contribution in [3.05, 3.63) is 27.5 Å². The van der Waals surface area contributed by atoms with Gasteiger partial charge in [-0.3, -0.25) is 0 Å². The fourth-order valence-corrected chi connectivity index (χ4v) is 2.82. The molecule has 1 atom stereocenters. The van der Waals surface area contributed by atoms with Gasteiger partial charge in [0.25, 0.3) is 0 Å². The van der Waals surface area contributed by atoms with Crippen molar-refractivity contribution in [3.63, 3.8) is 0 Å². The molecule has 0 saturated carbocycles. The minimum absolute atomic E-state index is 0.136. The standard InChI is InChI=1S/C15H23N5S/c1-6-12-19-13(16-7-2)10(4)14(20-12)18-11(5)15-17-8-9(3)21-15/h8,11H,6-7H2,1-5H3,(H2,16,18,19,20). The van der Waals surface area contributed by atoms with Crippen LogP contribution in [0.25, 0.3) is 0 Å². The monoisotopic (exact) mass is 305 g/mol. The van der Waals surface area contributed by atoms with E-state index in [0.717, 1.165) is 41.0 Å². The average Bonchev–Trinajstić information content (AvgIpc) is 2.90. The third-order valence-electron chi connectivity index (χ3n) is 3.22. The summed E-state index contributed by atoms with van der Waals surface area (Å²) in [5.41, 5.74) is 1.05. The first-order valence-electron chi connectivity index (χ1n) is 7.35. The van der Waals surface area contributed by atoms with Gasteiger partial charge >= 0.3 is 0 Å². The zero-order chi connectivity index (χ0) is 15.4. The van der Waals surface area contributed by atoms with E-state index in [9.17, 15) is 0 Å². The third-order valence-corrected chi connectivity index (χ3v) is 4.31. The Hall–Kier alpha value is -1.69. The minimum Gasteiger partial charge on any atom is -0.370 e. The molecule has 2 rings (SSSR count). The van der Waals surface area contributed by atoms with Crippen LogP contribution in [0.5, 0.6) is 0 Å². The van der Waals surface area contributed by atoms with Crippen molar-refractivity contribution in [1.29, 1.82) is 0 Å². The SMILES string of the molecule is CCNc1nc(CC)nc(NC(C)c2ncc(C)s2)c1C. The Kier molecular flexibility index (Phi) is 5.12. The van der Waals surface area contributed by atoms with E-state index >= 15 is 0 Å². The van der Waals surface area contributed by atoms with E-state index in [1.807, 2.05) is 13.1 Å². The van der Waals surface area contributed by atoms with Gasteiger partial charge in [0.05, 0.1) is 6.04 Å². The molecule has 0 aliphatic carbocycles. The molecule has 0 radical (unpaired) electrons. The van der Waals surface area contributed by atoms with Crippen molar-refractivity contribution >= 4 is 23.0 Å². The van der Waals surface area contributed by atoms with Gasteiger partial charge in [-0.25, -0.2) is 15.0 Å². The molecule has 0 bridgehead atoms. The van der Waals surface area contributed by atoms with Crippen LogP contribution in [-0.4, -0.2) is 21.5 Å². The van der Waals surface area contributed by atoms with Crippen LogP contribution in [0, 0.1) is 13.8 Å². The van der Waals surface area contributed by atoms with E-state index in [1.165, 1.54) is 4.88 Å². The molecule has 0 amide bonds. The van der Waals surface area contributed by atoms with E-state index in [0.29, 0.717) is 0 Å². The molecule has 0 fully saturated rings. The lowest BCUT2D eigenvalue weighted by Crippen LogP contribution is -2.13. The summed E-state index contributed by atoms with van der Waals surface area (Å²) < 4.78 is 0. The van der Waals surface area contributed by atoms with Crippen molar-refractivity contribution in [2.75, 3.05) is 17.2 Å². The number of nitrogens with one attached hydrogen (secondary N) is 2. The van der Waals surface area contributed by atoms with Gasteiger partial charge in [-0.05, 0) is 27.7 Å². The first kappa shape index (κ1) is 15.7. The lowest BCUT2D eigenvalue weighted by Gasteiger charge is -2.17. The van der Waals surface area contributed by atoms with Crippen molar-refractivity contribution in [2.45, 2.75) is 47.1 Å². The number of anilines is 2. The second-order valence-corrected chi connectivity index (χ2v) is 6.29. The maximum atomic E-state index is 4.62.